The van der Waals surface area contributed by atoms with Crippen molar-refractivity contribution in [2.75, 3.05) is 32.8 Å². The number of ether oxygens (including phenoxy) is 1. The van der Waals surface area contributed by atoms with Crippen molar-refractivity contribution in [1.29, 1.82) is 0 Å². The average Bonchev–Trinajstić information content (AvgIpc) is 2.78. The lowest BCUT2D eigenvalue weighted by Gasteiger charge is -2.27. The van der Waals surface area contributed by atoms with Crippen LogP contribution in [0.1, 0.15) is 0 Å². The monoisotopic (exact) mass is 384 g/mol. The fourth-order valence-electron chi connectivity index (χ4n) is 4.13. The molecular formula is C25H24N2O2. The van der Waals surface area contributed by atoms with Gasteiger partial charge in [-0.3, -0.25) is 9.69 Å². The normalized spacial score (nSPS) is 15.2. The highest BCUT2D eigenvalue weighted by Crippen LogP contribution is 2.27. The molecule has 0 atom stereocenters. The lowest BCUT2D eigenvalue weighted by Crippen LogP contribution is -2.39. The molecule has 0 aliphatic carbocycles. The van der Waals surface area contributed by atoms with Gasteiger partial charge in [-0.05, 0) is 45.5 Å². The van der Waals surface area contributed by atoms with Crippen LogP contribution in [0, 0.1) is 0 Å². The fourth-order valence-corrected chi connectivity index (χ4v) is 4.13. The molecule has 4 nitrogen and oxygen atoms in total. The maximum atomic E-state index is 12.6. The van der Waals surface area contributed by atoms with Gasteiger partial charge >= 0.3 is 0 Å². The summed E-state index contributed by atoms with van der Waals surface area (Å²) in [7, 11) is 0. The number of pyridine rings is 1. The number of nitrogens with zero attached hydrogens (tertiary/aromatic N) is 2. The van der Waals surface area contributed by atoms with Crippen LogP contribution in [-0.2, 0) is 11.3 Å². The topological polar surface area (TPSA) is 34.5 Å². The molecule has 4 aromatic rings. The summed E-state index contributed by atoms with van der Waals surface area (Å²) < 4.78 is 7.34. The Hall–Kier alpha value is -2.95. The second-order valence-corrected chi connectivity index (χ2v) is 7.61. The molecule has 0 spiro atoms. The van der Waals surface area contributed by atoms with Gasteiger partial charge in [0.05, 0.1) is 18.7 Å². The molecule has 0 amide bonds. The van der Waals surface area contributed by atoms with Crippen LogP contribution in [0.4, 0.5) is 0 Å². The van der Waals surface area contributed by atoms with Crippen molar-refractivity contribution in [3.8, 4) is 11.1 Å². The standard InChI is InChI=1S/C25H24N2O2/c28-25-10-9-20-6-8-23(22-7-5-19-3-1-2-4-21(19)17-22)18-24(20)27(25)12-11-26-13-15-29-16-14-26/h1-10,17-18H,11-16H2. The van der Waals surface area contributed by atoms with E-state index in [0.29, 0.717) is 6.54 Å². The lowest BCUT2D eigenvalue weighted by molar-refractivity contribution is 0.0364. The van der Waals surface area contributed by atoms with E-state index in [1.54, 1.807) is 6.07 Å². The van der Waals surface area contributed by atoms with E-state index in [2.05, 4.69) is 65.6 Å². The van der Waals surface area contributed by atoms with Gasteiger partial charge in [-0.1, -0.05) is 48.5 Å². The Balaban J connectivity index is 1.53. The molecule has 146 valence electrons. The Kier molecular flexibility index (Phi) is 4.88. The Morgan fingerprint density at radius 1 is 0.724 bits per heavy atom. The SMILES string of the molecule is O=c1ccc2ccc(-c3ccc4ccccc4c3)cc2n1CCN1CCOCC1. The Morgan fingerprint density at radius 3 is 2.24 bits per heavy atom. The number of benzene rings is 3. The van der Waals surface area contributed by atoms with E-state index in [1.807, 2.05) is 10.6 Å². The highest BCUT2D eigenvalue weighted by atomic mass is 16.5. The van der Waals surface area contributed by atoms with Crippen molar-refractivity contribution < 1.29 is 4.74 Å². The molecule has 1 aliphatic heterocycles. The van der Waals surface area contributed by atoms with Crippen LogP contribution in [0.3, 0.4) is 0 Å². The predicted molar refractivity (Wildman–Crippen MR) is 118 cm³/mol. The van der Waals surface area contributed by atoms with E-state index < -0.39 is 0 Å². The maximum Gasteiger partial charge on any atom is 0.251 e. The Labute approximate surface area is 170 Å². The molecule has 1 fully saturated rings. The summed E-state index contributed by atoms with van der Waals surface area (Å²) in [6.45, 7) is 4.97. The van der Waals surface area contributed by atoms with Gasteiger partial charge in [-0.25, -0.2) is 0 Å². The predicted octanol–water partition coefficient (Wildman–Crippen LogP) is 4.15. The van der Waals surface area contributed by atoms with Gasteiger partial charge in [-0.2, -0.15) is 0 Å². The molecule has 0 saturated carbocycles. The molecule has 29 heavy (non-hydrogen) atoms. The van der Waals surface area contributed by atoms with Crippen LogP contribution in [0.5, 0.6) is 0 Å². The third-order valence-corrected chi connectivity index (χ3v) is 5.82. The van der Waals surface area contributed by atoms with E-state index in [4.69, 9.17) is 4.74 Å². The summed E-state index contributed by atoms with van der Waals surface area (Å²) in [5.74, 6) is 0. The summed E-state index contributed by atoms with van der Waals surface area (Å²) in [5.41, 5.74) is 3.36. The van der Waals surface area contributed by atoms with Crippen molar-refractivity contribution in [3.05, 3.63) is 83.2 Å². The number of hydrogen-bond donors (Lipinski definition) is 0. The van der Waals surface area contributed by atoms with E-state index in [9.17, 15) is 4.79 Å². The number of hydrogen-bond acceptors (Lipinski definition) is 3. The summed E-state index contributed by atoms with van der Waals surface area (Å²) in [6.07, 6.45) is 0. The van der Waals surface area contributed by atoms with Crippen molar-refractivity contribution in [2.24, 2.45) is 0 Å². The molecule has 2 heterocycles. The van der Waals surface area contributed by atoms with Crippen LogP contribution in [0.2, 0.25) is 0 Å². The molecule has 0 radical (unpaired) electrons. The number of rotatable bonds is 4. The third kappa shape index (κ3) is 3.69. The van der Waals surface area contributed by atoms with Crippen LogP contribution in [-0.4, -0.2) is 42.3 Å². The van der Waals surface area contributed by atoms with Gasteiger partial charge in [0.1, 0.15) is 0 Å². The lowest BCUT2D eigenvalue weighted by atomic mass is 10.00. The molecule has 1 aliphatic rings. The fraction of sp³-hybridized carbons (Fsp3) is 0.240. The third-order valence-electron chi connectivity index (χ3n) is 5.82. The van der Waals surface area contributed by atoms with Crippen LogP contribution in [0.25, 0.3) is 32.8 Å². The molecular weight excluding hydrogens is 360 g/mol. The molecule has 5 rings (SSSR count). The average molecular weight is 384 g/mol. The molecule has 1 saturated heterocycles. The Morgan fingerprint density at radius 2 is 1.41 bits per heavy atom. The molecule has 1 aromatic heterocycles. The van der Waals surface area contributed by atoms with Crippen molar-refractivity contribution in [2.45, 2.75) is 6.54 Å². The van der Waals surface area contributed by atoms with Crippen LogP contribution < -0.4 is 5.56 Å². The first-order chi connectivity index (χ1) is 14.3. The van der Waals surface area contributed by atoms with Gasteiger partial charge in [0, 0.05) is 32.2 Å². The zero-order valence-electron chi connectivity index (χ0n) is 16.4. The molecule has 0 N–H and O–H groups in total. The van der Waals surface area contributed by atoms with Crippen LogP contribution >= 0.6 is 0 Å². The van der Waals surface area contributed by atoms with Gasteiger partial charge in [0.2, 0.25) is 0 Å². The quantitative estimate of drug-likeness (QED) is 0.530. The van der Waals surface area contributed by atoms with E-state index in [-0.39, 0.29) is 5.56 Å². The summed E-state index contributed by atoms with van der Waals surface area (Å²) in [6, 6.07) is 24.9. The minimum absolute atomic E-state index is 0.0569. The van der Waals surface area contributed by atoms with Crippen molar-refractivity contribution in [3.63, 3.8) is 0 Å². The van der Waals surface area contributed by atoms with Gasteiger partial charge in [-0.15, -0.1) is 0 Å². The second-order valence-electron chi connectivity index (χ2n) is 7.61. The zero-order valence-corrected chi connectivity index (χ0v) is 16.4. The summed E-state index contributed by atoms with van der Waals surface area (Å²) >= 11 is 0. The van der Waals surface area contributed by atoms with E-state index >= 15 is 0 Å². The van der Waals surface area contributed by atoms with Crippen LogP contribution in [0.15, 0.2) is 77.6 Å². The summed E-state index contributed by atoms with van der Waals surface area (Å²) in [5, 5.41) is 3.55. The zero-order chi connectivity index (χ0) is 19.6. The number of fused-ring (bicyclic) bond motifs is 2. The van der Waals surface area contributed by atoms with Gasteiger partial charge < -0.3 is 9.30 Å². The van der Waals surface area contributed by atoms with Crippen molar-refractivity contribution >= 4 is 21.7 Å². The Bertz CT molecular complexity index is 1220. The molecule has 3 aromatic carbocycles. The first kappa shape index (κ1) is 18.1. The van der Waals surface area contributed by atoms with Crippen molar-refractivity contribution in [1.82, 2.24) is 9.47 Å². The minimum atomic E-state index is 0.0569. The highest BCUT2D eigenvalue weighted by Gasteiger charge is 2.12. The molecule has 0 unspecified atom stereocenters. The largest absolute Gasteiger partial charge is 0.379 e. The number of aromatic nitrogens is 1. The maximum absolute atomic E-state index is 12.6. The van der Waals surface area contributed by atoms with E-state index in [0.717, 1.165) is 49.3 Å². The summed E-state index contributed by atoms with van der Waals surface area (Å²) in [4.78, 5) is 15.0. The van der Waals surface area contributed by atoms with Gasteiger partial charge in [0.15, 0.2) is 0 Å². The van der Waals surface area contributed by atoms with E-state index in [1.165, 1.54) is 16.3 Å². The first-order valence-corrected chi connectivity index (χ1v) is 10.2. The first-order valence-electron chi connectivity index (χ1n) is 10.2. The minimum Gasteiger partial charge on any atom is -0.379 e. The van der Waals surface area contributed by atoms with Gasteiger partial charge in [0.25, 0.3) is 5.56 Å². The highest BCUT2D eigenvalue weighted by molar-refractivity contribution is 5.90. The molecule has 0 bridgehead atoms. The molecule has 4 heteroatoms. The second kappa shape index (κ2) is 7.82. The smallest absolute Gasteiger partial charge is 0.251 e. The number of morpholine rings is 1.